The zero-order valence-electron chi connectivity index (χ0n) is 10.7. The fraction of sp³-hybridized carbons (Fsp3) is 0.417. The molecule has 0 aliphatic rings. The Bertz CT molecular complexity index is 472. The smallest absolute Gasteiger partial charge is 0.396 e. The van der Waals surface area contributed by atoms with Gasteiger partial charge in [-0.15, -0.1) is 0 Å². The van der Waals surface area contributed by atoms with Crippen LogP contribution in [0.25, 0.3) is 0 Å². The molecule has 1 aromatic rings. The molecule has 4 N–H and O–H groups in total. The highest BCUT2D eigenvalue weighted by Gasteiger charge is 2.33. The van der Waals surface area contributed by atoms with Crippen LogP contribution >= 0.6 is 0 Å². The molecule has 0 saturated heterocycles. The lowest BCUT2D eigenvalue weighted by atomic mass is 10.1. The highest BCUT2D eigenvalue weighted by molar-refractivity contribution is 6.00. The van der Waals surface area contributed by atoms with Crippen LogP contribution in [0, 0.1) is 0 Å². The molecule has 7 heteroatoms. The van der Waals surface area contributed by atoms with Gasteiger partial charge < -0.3 is 16.4 Å². The third kappa shape index (κ3) is 3.77. The van der Waals surface area contributed by atoms with Crippen LogP contribution in [0.3, 0.4) is 0 Å². The van der Waals surface area contributed by atoms with E-state index in [0.717, 1.165) is 4.90 Å². The monoisotopic (exact) mass is 275 g/mol. The van der Waals surface area contributed by atoms with E-state index < -0.39 is 24.7 Å². The molecule has 0 bridgehead atoms. The minimum absolute atomic E-state index is 0.0188. The number of nitrogens with zero attached hydrogens (tertiary/aromatic N) is 1. The fourth-order valence-electron chi connectivity index (χ4n) is 1.76. The Kier molecular flexibility index (Phi) is 4.28. The van der Waals surface area contributed by atoms with Crippen molar-refractivity contribution in [3.63, 3.8) is 0 Å². The molecule has 0 unspecified atom stereocenters. The van der Waals surface area contributed by atoms with Crippen LogP contribution in [0.1, 0.15) is 24.2 Å². The maximum absolute atomic E-state index is 12.6. The van der Waals surface area contributed by atoms with Crippen molar-refractivity contribution < 1.29 is 18.0 Å². The minimum Gasteiger partial charge on any atom is -0.396 e. The molecular formula is C12H16F3N3O. The Balaban J connectivity index is 3.24. The van der Waals surface area contributed by atoms with Crippen LogP contribution in [0.2, 0.25) is 0 Å². The van der Waals surface area contributed by atoms with Crippen molar-refractivity contribution in [2.45, 2.75) is 26.1 Å². The molecular weight excluding hydrogens is 259 g/mol. The summed E-state index contributed by atoms with van der Waals surface area (Å²) in [6, 6.07) is 3.85. The number of nitrogens with two attached hydrogens (primary N) is 2. The first-order valence-electron chi connectivity index (χ1n) is 5.65. The number of hydrogen-bond acceptors (Lipinski definition) is 3. The van der Waals surface area contributed by atoms with Gasteiger partial charge >= 0.3 is 6.18 Å². The van der Waals surface area contributed by atoms with Crippen LogP contribution in [0.15, 0.2) is 18.2 Å². The normalized spacial score (nSPS) is 11.7. The second-order valence-electron chi connectivity index (χ2n) is 4.44. The van der Waals surface area contributed by atoms with Gasteiger partial charge in [0, 0.05) is 6.04 Å². The summed E-state index contributed by atoms with van der Waals surface area (Å²) in [7, 11) is 0. The molecule has 0 radical (unpaired) electrons. The molecule has 1 amide bonds. The molecule has 4 nitrogen and oxygen atoms in total. The lowest BCUT2D eigenvalue weighted by molar-refractivity contribution is -0.120. The molecule has 19 heavy (non-hydrogen) atoms. The van der Waals surface area contributed by atoms with Crippen molar-refractivity contribution in [2.75, 3.05) is 17.2 Å². The zero-order chi connectivity index (χ0) is 14.8. The van der Waals surface area contributed by atoms with Gasteiger partial charge in [0.2, 0.25) is 0 Å². The molecule has 0 aromatic heterocycles. The second kappa shape index (κ2) is 5.38. The summed E-state index contributed by atoms with van der Waals surface area (Å²) < 4.78 is 37.7. The van der Waals surface area contributed by atoms with E-state index in [9.17, 15) is 18.0 Å². The second-order valence-corrected chi connectivity index (χ2v) is 4.44. The molecule has 0 atom stereocenters. The fourth-order valence-corrected chi connectivity index (χ4v) is 1.76. The van der Waals surface area contributed by atoms with Gasteiger partial charge in [0.05, 0.1) is 16.9 Å². The summed E-state index contributed by atoms with van der Waals surface area (Å²) in [5.41, 5.74) is 11.0. The van der Waals surface area contributed by atoms with Gasteiger partial charge in [0.1, 0.15) is 6.54 Å². The molecule has 0 heterocycles. The number of primary amides is 1. The lowest BCUT2D eigenvalue weighted by Crippen LogP contribution is -2.39. The van der Waals surface area contributed by atoms with Crippen molar-refractivity contribution in [2.24, 2.45) is 5.73 Å². The van der Waals surface area contributed by atoms with Crippen LogP contribution in [0.5, 0.6) is 0 Å². The van der Waals surface area contributed by atoms with Crippen LogP contribution in [-0.4, -0.2) is 24.7 Å². The van der Waals surface area contributed by atoms with Crippen molar-refractivity contribution in [1.29, 1.82) is 0 Å². The van der Waals surface area contributed by atoms with E-state index in [1.165, 1.54) is 18.2 Å². The minimum atomic E-state index is -4.36. The Morgan fingerprint density at radius 3 is 2.37 bits per heavy atom. The summed E-state index contributed by atoms with van der Waals surface area (Å²) in [6.07, 6.45) is -4.36. The van der Waals surface area contributed by atoms with E-state index in [1.54, 1.807) is 13.8 Å². The van der Waals surface area contributed by atoms with Gasteiger partial charge in [-0.05, 0) is 26.0 Å². The SMILES string of the molecule is CC(C)N(CC(F)(F)F)c1cccc(C(N)=O)c1N. The standard InChI is InChI=1S/C12H16F3N3O/c1-7(2)18(6-12(13,14)15)9-5-3-4-8(10(9)16)11(17)19/h3-5,7H,6,16H2,1-2H3,(H2,17,19). The summed E-state index contributed by atoms with van der Waals surface area (Å²) >= 11 is 0. The van der Waals surface area contributed by atoms with E-state index >= 15 is 0 Å². The maximum atomic E-state index is 12.6. The van der Waals surface area contributed by atoms with E-state index in [-0.39, 0.29) is 16.9 Å². The highest BCUT2D eigenvalue weighted by atomic mass is 19.4. The molecule has 1 aromatic carbocycles. The number of hydrogen-bond donors (Lipinski definition) is 2. The summed E-state index contributed by atoms with van der Waals surface area (Å²) in [4.78, 5) is 12.2. The molecule has 0 aliphatic carbocycles. The number of carbonyl (C=O) groups excluding carboxylic acids is 1. The van der Waals surface area contributed by atoms with Gasteiger partial charge in [-0.25, -0.2) is 0 Å². The van der Waals surface area contributed by atoms with Crippen molar-refractivity contribution in [1.82, 2.24) is 0 Å². The van der Waals surface area contributed by atoms with E-state index in [4.69, 9.17) is 11.5 Å². The van der Waals surface area contributed by atoms with Gasteiger partial charge in [-0.2, -0.15) is 13.2 Å². The van der Waals surface area contributed by atoms with Crippen molar-refractivity contribution in [3.05, 3.63) is 23.8 Å². The number of halogens is 3. The summed E-state index contributed by atoms with van der Waals surface area (Å²) in [6.45, 7) is 2.08. The number of amides is 1. The summed E-state index contributed by atoms with van der Waals surface area (Å²) in [5.74, 6) is -0.768. The molecule has 0 fully saturated rings. The Hall–Kier alpha value is -1.92. The van der Waals surface area contributed by atoms with Crippen LogP contribution in [0.4, 0.5) is 24.5 Å². The first-order chi connectivity index (χ1) is 8.63. The average Bonchev–Trinajstić information content (AvgIpc) is 2.24. The number of nitrogen functional groups attached to an aromatic ring is 1. The number of benzene rings is 1. The van der Waals surface area contributed by atoms with Gasteiger partial charge in [-0.1, -0.05) is 6.07 Å². The Labute approximate surface area is 109 Å². The van der Waals surface area contributed by atoms with Crippen molar-refractivity contribution in [3.8, 4) is 0 Å². The molecule has 0 aliphatic heterocycles. The highest BCUT2D eigenvalue weighted by Crippen LogP contribution is 2.30. The van der Waals surface area contributed by atoms with Crippen LogP contribution < -0.4 is 16.4 Å². The number of anilines is 2. The predicted octanol–water partition coefficient (Wildman–Crippen LogP) is 2.14. The first kappa shape index (κ1) is 15.1. The lowest BCUT2D eigenvalue weighted by Gasteiger charge is -2.31. The molecule has 106 valence electrons. The van der Waals surface area contributed by atoms with Gasteiger partial charge in [0.15, 0.2) is 0 Å². The maximum Gasteiger partial charge on any atom is 0.405 e. The third-order valence-electron chi connectivity index (χ3n) is 2.63. The van der Waals surface area contributed by atoms with E-state index in [2.05, 4.69) is 0 Å². The largest absolute Gasteiger partial charge is 0.405 e. The predicted molar refractivity (Wildman–Crippen MR) is 67.9 cm³/mol. The quantitative estimate of drug-likeness (QED) is 0.827. The molecule has 0 spiro atoms. The first-order valence-corrected chi connectivity index (χ1v) is 5.65. The van der Waals surface area contributed by atoms with Gasteiger partial charge in [0.25, 0.3) is 5.91 Å². The van der Waals surface area contributed by atoms with Crippen LogP contribution in [-0.2, 0) is 0 Å². The van der Waals surface area contributed by atoms with E-state index in [1.807, 2.05) is 0 Å². The molecule has 1 rings (SSSR count). The molecule has 0 saturated carbocycles. The average molecular weight is 275 g/mol. The number of rotatable bonds is 4. The van der Waals surface area contributed by atoms with Gasteiger partial charge in [-0.3, -0.25) is 4.79 Å². The number of alkyl halides is 3. The Morgan fingerprint density at radius 1 is 1.37 bits per heavy atom. The van der Waals surface area contributed by atoms with E-state index in [0.29, 0.717) is 0 Å². The topological polar surface area (TPSA) is 72.3 Å². The van der Waals surface area contributed by atoms with Crippen molar-refractivity contribution >= 4 is 17.3 Å². The third-order valence-corrected chi connectivity index (χ3v) is 2.63. The summed E-state index contributed by atoms with van der Waals surface area (Å²) in [5, 5.41) is 0. The Morgan fingerprint density at radius 2 is 1.95 bits per heavy atom. The number of carbonyl (C=O) groups is 1. The number of para-hydroxylation sites is 1. The zero-order valence-corrected chi connectivity index (χ0v) is 10.7.